The molecule has 2 aromatic rings. The maximum Gasteiger partial charge on any atom is 0.129 e. The Morgan fingerprint density at radius 2 is 2.22 bits per heavy atom. The van der Waals surface area contributed by atoms with Crippen molar-refractivity contribution in [1.29, 1.82) is 0 Å². The van der Waals surface area contributed by atoms with Crippen LogP contribution < -0.4 is 10.1 Å². The fourth-order valence-corrected chi connectivity index (χ4v) is 4.24. The molecule has 98 valence electrons. The van der Waals surface area contributed by atoms with Crippen molar-refractivity contribution in [1.82, 2.24) is 5.32 Å². The topological polar surface area (TPSA) is 21.3 Å². The molecular weight excluding hydrogens is 330 g/mol. The van der Waals surface area contributed by atoms with Crippen molar-refractivity contribution in [3.8, 4) is 5.75 Å². The van der Waals surface area contributed by atoms with Crippen molar-refractivity contribution in [2.24, 2.45) is 0 Å². The molecule has 0 aliphatic rings. The highest BCUT2D eigenvalue weighted by molar-refractivity contribution is 9.10. The first kappa shape index (κ1) is 14.1. The zero-order valence-corrected chi connectivity index (χ0v) is 13.6. The van der Waals surface area contributed by atoms with Gasteiger partial charge in [0.1, 0.15) is 5.75 Å². The average Bonchev–Trinajstić information content (AvgIpc) is 3.00. The first-order valence-corrected chi connectivity index (χ1v) is 8.45. The van der Waals surface area contributed by atoms with Crippen LogP contribution in [0.4, 0.5) is 0 Å². The molecule has 0 spiro atoms. The lowest BCUT2D eigenvalue weighted by Crippen LogP contribution is -2.22. The Hall–Kier alpha value is -0.360. The molecule has 0 fully saturated rings. The van der Waals surface area contributed by atoms with Crippen molar-refractivity contribution in [3.63, 3.8) is 0 Å². The summed E-state index contributed by atoms with van der Waals surface area (Å²) in [6.07, 6.45) is 1.13. The smallest absolute Gasteiger partial charge is 0.129 e. The molecular formula is C13H16BrNOS2. The summed E-state index contributed by atoms with van der Waals surface area (Å²) in [6.45, 7) is 3.19. The Labute approximate surface area is 124 Å². The van der Waals surface area contributed by atoms with E-state index in [1.54, 1.807) is 29.8 Å². The van der Waals surface area contributed by atoms with E-state index in [4.69, 9.17) is 4.74 Å². The van der Waals surface area contributed by atoms with Gasteiger partial charge in [0.05, 0.1) is 13.2 Å². The second-order valence-electron chi connectivity index (χ2n) is 3.95. The molecule has 2 rings (SSSR count). The van der Waals surface area contributed by atoms with Gasteiger partial charge in [-0.25, -0.2) is 0 Å². The third kappa shape index (κ3) is 3.15. The molecule has 1 N–H and O–H groups in total. The minimum atomic E-state index is 0.250. The Kier molecular flexibility index (Phi) is 5.24. The van der Waals surface area contributed by atoms with Crippen molar-refractivity contribution in [3.05, 3.63) is 37.1 Å². The number of methoxy groups -OCH3 is 1. The van der Waals surface area contributed by atoms with E-state index in [9.17, 15) is 0 Å². The van der Waals surface area contributed by atoms with Gasteiger partial charge in [0.25, 0.3) is 0 Å². The van der Waals surface area contributed by atoms with Crippen molar-refractivity contribution < 1.29 is 4.74 Å². The van der Waals surface area contributed by atoms with Gasteiger partial charge in [-0.3, -0.25) is 0 Å². The summed E-state index contributed by atoms with van der Waals surface area (Å²) in [5.41, 5.74) is 1.30. The van der Waals surface area contributed by atoms with Crippen molar-refractivity contribution in [2.45, 2.75) is 19.4 Å². The highest BCUT2D eigenvalue weighted by Crippen LogP contribution is 2.36. The van der Waals surface area contributed by atoms with Crippen LogP contribution in [-0.2, 0) is 0 Å². The van der Waals surface area contributed by atoms with Crippen molar-refractivity contribution >= 4 is 38.6 Å². The third-order valence-electron chi connectivity index (χ3n) is 2.67. The Morgan fingerprint density at radius 1 is 1.39 bits per heavy atom. The monoisotopic (exact) mass is 345 g/mol. The number of halogens is 1. The molecule has 2 nitrogen and oxygen atoms in total. The van der Waals surface area contributed by atoms with E-state index in [2.05, 4.69) is 50.4 Å². The zero-order valence-electron chi connectivity index (χ0n) is 10.4. The van der Waals surface area contributed by atoms with Crippen LogP contribution in [0.5, 0.6) is 5.75 Å². The number of hydrogen-bond acceptors (Lipinski definition) is 4. The first-order valence-electron chi connectivity index (χ1n) is 5.83. The van der Waals surface area contributed by atoms with Crippen LogP contribution in [0.2, 0.25) is 0 Å². The van der Waals surface area contributed by atoms with E-state index >= 15 is 0 Å². The summed E-state index contributed by atoms with van der Waals surface area (Å²) >= 11 is 7.08. The zero-order chi connectivity index (χ0) is 13.0. The molecule has 0 aromatic carbocycles. The summed E-state index contributed by atoms with van der Waals surface area (Å²) in [6, 6.07) is 2.36. The average molecular weight is 346 g/mol. The fraction of sp³-hybridized carbons (Fsp3) is 0.385. The SMILES string of the molecule is CCCNC(c1cc(OC)cs1)c1cscc1Br. The summed E-state index contributed by atoms with van der Waals surface area (Å²) < 4.78 is 6.45. The number of nitrogens with one attached hydrogen (secondary N) is 1. The number of hydrogen-bond donors (Lipinski definition) is 1. The first-order chi connectivity index (χ1) is 8.76. The van der Waals surface area contributed by atoms with Gasteiger partial charge in [-0.2, -0.15) is 11.3 Å². The van der Waals surface area contributed by atoms with Gasteiger partial charge in [0.2, 0.25) is 0 Å². The van der Waals surface area contributed by atoms with Crippen LogP contribution in [0.15, 0.2) is 26.7 Å². The molecule has 0 saturated heterocycles. The Bertz CT molecular complexity index is 495. The van der Waals surface area contributed by atoms with Crippen LogP contribution in [0.25, 0.3) is 0 Å². The number of rotatable bonds is 6. The molecule has 0 aliphatic heterocycles. The minimum Gasteiger partial charge on any atom is -0.496 e. The van der Waals surface area contributed by atoms with Crippen LogP contribution in [0, 0.1) is 0 Å². The van der Waals surface area contributed by atoms with Crippen LogP contribution >= 0.6 is 38.6 Å². The van der Waals surface area contributed by atoms with E-state index in [0.717, 1.165) is 18.7 Å². The molecule has 0 radical (unpaired) electrons. The lowest BCUT2D eigenvalue weighted by Gasteiger charge is -2.16. The second kappa shape index (κ2) is 6.70. The van der Waals surface area contributed by atoms with E-state index in [1.165, 1.54) is 14.9 Å². The normalized spacial score (nSPS) is 12.6. The Morgan fingerprint density at radius 3 is 2.78 bits per heavy atom. The van der Waals surface area contributed by atoms with E-state index in [0.29, 0.717) is 0 Å². The largest absolute Gasteiger partial charge is 0.496 e. The third-order valence-corrected chi connectivity index (χ3v) is 5.40. The highest BCUT2D eigenvalue weighted by Gasteiger charge is 2.19. The molecule has 0 saturated carbocycles. The van der Waals surface area contributed by atoms with Gasteiger partial charge in [-0.1, -0.05) is 6.92 Å². The van der Waals surface area contributed by atoms with Gasteiger partial charge >= 0.3 is 0 Å². The summed E-state index contributed by atoms with van der Waals surface area (Å²) in [5.74, 6) is 0.935. The van der Waals surface area contributed by atoms with Crippen LogP contribution in [-0.4, -0.2) is 13.7 Å². The molecule has 0 bridgehead atoms. The van der Waals surface area contributed by atoms with Gasteiger partial charge < -0.3 is 10.1 Å². The van der Waals surface area contributed by atoms with Crippen LogP contribution in [0.1, 0.15) is 29.8 Å². The quantitative estimate of drug-likeness (QED) is 0.821. The molecule has 18 heavy (non-hydrogen) atoms. The standard InChI is InChI=1S/C13H16BrNOS2/c1-3-4-15-13(10-7-17-8-11(10)14)12-5-9(16-2)6-18-12/h5-8,13,15H,3-4H2,1-2H3. The fourth-order valence-electron chi connectivity index (χ4n) is 1.74. The maximum atomic E-state index is 5.27. The summed E-state index contributed by atoms with van der Waals surface area (Å²) in [4.78, 5) is 1.29. The van der Waals surface area contributed by atoms with E-state index in [-0.39, 0.29) is 6.04 Å². The van der Waals surface area contributed by atoms with Gasteiger partial charge in [-0.15, -0.1) is 11.3 Å². The molecule has 2 aromatic heterocycles. The maximum absolute atomic E-state index is 5.27. The minimum absolute atomic E-state index is 0.250. The number of ether oxygens (including phenoxy) is 1. The molecule has 1 unspecified atom stereocenters. The number of thiophene rings is 2. The highest BCUT2D eigenvalue weighted by atomic mass is 79.9. The van der Waals surface area contributed by atoms with Gasteiger partial charge in [0.15, 0.2) is 0 Å². The lowest BCUT2D eigenvalue weighted by atomic mass is 10.1. The Balaban J connectivity index is 2.27. The summed E-state index contributed by atoms with van der Waals surface area (Å²) in [7, 11) is 1.71. The molecule has 5 heteroatoms. The molecule has 1 atom stereocenters. The van der Waals surface area contributed by atoms with Gasteiger partial charge in [-0.05, 0) is 45.9 Å². The van der Waals surface area contributed by atoms with Gasteiger partial charge in [0, 0.05) is 20.1 Å². The molecule has 2 heterocycles. The van der Waals surface area contributed by atoms with Crippen molar-refractivity contribution in [2.75, 3.05) is 13.7 Å². The summed E-state index contributed by atoms with van der Waals surface area (Å²) in [5, 5.41) is 9.97. The second-order valence-corrected chi connectivity index (χ2v) is 6.49. The lowest BCUT2D eigenvalue weighted by molar-refractivity contribution is 0.416. The van der Waals surface area contributed by atoms with Crippen LogP contribution in [0.3, 0.4) is 0 Å². The molecule has 0 amide bonds. The predicted molar refractivity (Wildman–Crippen MR) is 83.0 cm³/mol. The van der Waals surface area contributed by atoms with E-state index in [1.807, 2.05) is 0 Å². The molecule has 0 aliphatic carbocycles. The van der Waals surface area contributed by atoms with E-state index < -0.39 is 0 Å². The predicted octanol–water partition coefficient (Wildman–Crippen LogP) is 4.67.